The van der Waals surface area contributed by atoms with Crippen molar-refractivity contribution >= 4 is 45.7 Å². The van der Waals surface area contributed by atoms with E-state index >= 15 is 0 Å². The number of nitrogens with zero attached hydrogens (tertiary/aromatic N) is 3. The zero-order valence-electron chi connectivity index (χ0n) is 20.2. The number of aryl methyl sites for hydroxylation is 1. The van der Waals surface area contributed by atoms with Gasteiger partial charge in [-0.3, -0.25) is 9.59 Å². The van der Waals surface area contributed by atoms with Crippen LogP contribution >= 0.6 is 22.9 Å². The number of benzene rings is 1. The van der Waals surface area contributed by atoms with Crippen molar-refractivity contribution in [2.24, 2.45) is 0 Å². The molecule has 35 heavy (non-hydrogen) atoms. The smallest absolute Gasteiger partial charge is 0.341 e. The molecule has 0 aliphatic carbocycles. The van der Waals surface area contributed by atoms with E-state index < -0.39 is 11.9 Å². The maximum atomic E-state index is 12.9. The van der Waals surface area contributed by atoms with Crippen molar-refractivity contribution in [2.45, 2.75) is 33.9 Å². The molecule has 0 saturated heterocycles. The first kappa shape index (κ1) is 26.2. The average Bonchev–Trinajstić information content (AvgIpc) is 3.41. The van der Waals surface area contributed by atoms with Gasteiger partial charge < -0.3 is 19.7 Å². The molecule has 0 radical (unpaired) electrons. The molecule has 1 aromatic carbocycles. The molecular formula is C24H27ClN4O5S. The zero-order valence-corrected chi connectivity index (χ0v) is 21.7. The van der Waals surface area contributed by atoms with Gasteiger partial charge in [-0.25, -0.2) is 9.48 Å². The lowest BCUT2D eigenvalue weighted by molar-refractivity contribution is 0.0506. The molecule has 11 heteroatoms. The number of amides is 2. The molecule has 3 aromatic rings. The molecule has 9 nitrogen and oxygen atoms in total. The summed E-state index contributed by atoms with van der Waals surface area (Å²) in [6, 6.07) is 6.82. The van der Waals surface area contributed by atoms with Crippen LogP contribution in [0.5, 0.6) is 5.75 Å². The largest absolute Gasteiger partial charge is 0.471 e. The zero-order chi connectivity index (χ0) is 25.7. The van der Waals surface area contributed by atoms with Crippen LogP contribution in [0, 0.1) is 13.8 Å². The Morgan fingerprint density at radius 1 is 1.20 bits per heavy atom. The van der Waals surface area contributed by atoms with E-state index in [1.54, 1.807) is 45.4 Å². The second-order valence-corrected chi connectivity index (χ2v) is 9.43. The Kier molecular flexibility index (Phi) is 8.52. The normalized spacial score (nSPS) is 10.7. The number of rotatable bonds is 9. The number of hydrogen-bond acceptors (Lipinski definition) is 7. The lowest BCUT2D eigenvalue weighted by Crippen LogP contribution is -2.21. The van der Waals surface area contributed by atoms with Gasteiger partial charge in [0.15, 0.2) is 12.4 Å². The van der Waals surface area contributed by atoms with Gasteiger partial charge in [-0.05, 0) is 55.7 Å². The number of hydrogen-bond donors (Lipinski definition) is 1. The maximum Gasteiger partial charge on any atom is 0.341 e. The standard InChI is InChI=1S/C24H27ClN4O5S/c1-6-11-33-24(32)19-15(3)20(23(31)28(4)5)35-22(19)26-21(30)17-9-10-29(27-17)13-34-18-8-7-16(25)12-14(18)2/h7-10,12H,6,11,13H2,1-5H3,(H,26,30). The van der Waals surface area contributed by atoms with Crippen LogP contribution < -0.4 is 10.1 Å². The van der Waals surface area contributed by atoms with Crippen LogP contribution in [0.15, 0.2) is 30.5 Å². The molecule has 0 aliphatic heterocycles. The lowest BCUT2D eigenvalue weighted by atomic mass is 10.1. The van der Waals surface area contributed by atoms with Crippen molar-refractivity contribution in [2.75, 3.05) is 26.0 Å². The van der Waals surface area contributed by atoms with E-state index in [4.69, 9.17) is 21.1 Å². The van der Waals surface area contributed by atoms with Crippen molar-refractivity contribution < 1.29 is 23.9 Å². The summed E-state index contributed by atoms with van der Waals surface area (Å²) < 4.78 is 12.5. The summed E-state index contributed by atoms with van der Waals surface area (Å²) in [5, 5.41) is 7.82. The predicted octanol–water partition coefficient (Wildman–Crippen LogP) is 4.77. The average molecular weight is 519 g/mol. The minimum Gasteiger partial charge on any atom is -0.471 e. The van der Waals surface area contributed by atoms with Gasteiger partial charge in [0, 0.05) is 25.3 Å². The minimum absolute atomic E-state index is 0.0872. The number of anilines is 1. The topological polar surface area (TPSA) is 103 Å². The summed E-state index contributed by atoms with van der Waals surface area (Å²) in [6.45, 7) is 5.74. The molecule has 0 atom stereocenters. The molecule has 2 amide bonds. The van der Waals surface area contributed by atoms with E-state index in [9.17, 15) is 14.4 Å². The first-order chi connectivity index (χ1) is 16.6. The molecule has 2 heterocycles. The summed E-state index contributed by atoms with van der Waals surface area (Å²) in [7, 11) is 3.24. The number of esters is 1. The van der Waals surface area contributed by atoms with Crippen molar-refractivity contribution in [3.8, 4) is 5.75 Å². The number of thiophene rings is 1. The van der Waals surface area contributed by atoms with Crippen LogP contribution in [0.2, 0.25) is 5.02 Å². The summed E-state index contributed by atoms with van der Waals surface area (Å²) in [6.07, 6.45) is 2.26. The van der Waals surface area contributed by atoms with Crippen molar-refractivity contribution in [3.63, 3.8) is 0 Å². The highest BCUT2D eigenvalue weighted by molar-refractivity contribution is 7.18. The Labute approximate surface area is 212 Å². The van der Waals surface area contributed by atoms with E-state index in [0.717, 1.165) is 16.9 Å². The van der Waals surface area contributed by atoms with Gasteiger partial charge in [0.2, 0.25) is 0 Å². The number of ether oxygens (including phenoxy) is 2. The molecular weight excluding hydrogens is 492 g/mol. The number of aromatic nitrogens is 2. The third-order valence-electron chi connectivity index (χ3n) is 4.98. The Bertz CT molecular complexity index is 1250. The number of halogens is 1. The van der Waals surface area contributed by atoms with Gasteiger partial charge in [0.05, 0.1) is 17.0 Å². The van der Waals surface area contributed by atoms with Gasteiger partial charge in [-0.1, -0.05) is 18.5 Å². The minimum atomic E-state index is -0.592. The quantitative estimate of drug-likeness (QED) is 0.409. The third-order valence-corrected chi connectivity index (χ3v) is 6.41. The van der Waals surface area contributed by atoms with Gasteiger partial charge in [-0.2, -0.15) is 5.10 Å². The Balaban J connectivity index is 1.78. The number of nitrogens with one attached hydrogen (secondary N) is 1. The van der Waals surface area contributed by atoms with Gasteiger partial charge in [-0.15, -0.1) is 11.3 Å². The number of carbonyl (C=O) groups is 3. The maximum absolute atomic E-state index is 12.9. The van der Waals surface area contributed by atoms with Crippen LogP contribution in [0.25, 0.3) is 0 Å². The predicted molar refractivity (Wildman–Crippen MR) is 135 cm³/mol. The molecule has 1 N–H and O–H groups in total. The molecule has 0 spiro atoms. The highest BCUT2D eigenvalue weighted by Gasteiger charge is 2.28. The molecule has 0 aliphatic rings. The van der Waals surface area contributed by atoms with Crippen LogP contribution in [0.4, 0.5) is 5.00 Å². The van der Waals surface area contributed by atoms with E-state index in [1.807, 2.05) is 13.8 Å². The molecule has 3 rings (SSSR count). The van der Waals surface area contributed by atoms with Crippen LogP contribution in [0.3, 0.4) is 0 Å². The van der Waals surface area contributed by atoms with Gasteiger partial charge >= 0.3 is 5.97 Å². The summed E-state index contributed by atoms with van der Waals surface area (Å²) >= 11 is 7.00. The first-order valence-corrected chi connectivity index (χ1v) is 12.1. The Hall–Kier alpha value is -3.37. The Morgan fingerprint density at radius 2 is 1.94 bits per heavy atom. The highest BCUT2D eigenvalue weighted by atomic mass is 35.5. The van der Waals surface area contributed by atoms with Crippen LogP contribution in [0.1, 0.15) is 55.0 Å². The molecule has 0 bridgehead atoms. The fourth-order valence-electron chi connectivity index (χ4n) is 3.15. The second-order valence-electron chi connectivity index (χ2n) is 7.97. The second kappa shape index (κ2) is 11.4. The Morgan fingerprint density at radius 3 is 2.60 bits per heavy atom. The monoisotopic (exact) mass is 518 g/mol. The fraction of sp³-hybridized carbons (Fsp3) is 0.333. The highest BCUT2D eigenvalue weighted by Crippen LogP contribution is 2.34. The van der Waals surface area contributed by atoms with E-state index in [0.29, 0.717) is 27.6 Å². The summed E-state index contributed by atoms with van der Waals surface area (Å²) in [5.74, 6) is -0.734. The SMILES string of the molecule is CCCOC(=O)c1c(NC(=O)c2ccn(COc3ccc(Cl)cc3C)n2)sc(C(=O)N(C)C)c1C. The molecule has 2 aromatic heterocycles. The third kappa shape index (κ3) is 6.20. The van der Waals surface area contributed by atoms with E-state index in [1.165, 1.54) is 15.6 Å². The molecule has 0 unspecified atom stereocenters. The van der Waals surface area contributed by atoms with E-state index in [-0.39, 0.29) is 35.5 Å². The summed E-state index contributed by atoms with van der Waals surface area (Å²) in [4.78, 5) is 40.0. The van der Waals surface area contributed by atoms with E-state index in [2.05, 4.69) is 10.4 Å². The fourth-order valence-corrected chi connectivity index (χ4v) is 4.59. The van der Waals surface area contributed by atoms with Crippen LogP contribution in [-0.4, -0.2) is 53.2 Å². The first-order valence-electron chi connectivity index (χ1n) is 10.9. The van der Waals surface area contributed by atoms with Gasteiger partial charge in [0.25, 0.3) is 11.8 Å². The lowest BCUT2D eigenvalue weighted by Gasteiger charge is -2.09. The van der Waals surface area contributed by atoms with Crippen molar-refractivity contribution in [3.05, 3.63) is 62.7 Å². The van der Waals surface area contributed by atoms with Crippen molar-refractivity contribution in [1.29, 1.82) is 0 Å². The molecule has 186 valence electrons. The number of carbonyl (C=O) groups excluding carboxylic acids is 3. The van der Waals surface area contributed by atoms with Gasteiger partial charge in [0.1, 0.15) is 10.8 Å². The summed E-state index contributed by atoms with van der Waals surface area (Å²) in [5.41, 5.74) is 1.63. The molecule has 0 fully saturated rings. The molecule has 0 saturated carbocycles. The van der Waals surface area contributed by atoms with Crippen molar-refractivity contribution in [1.82, 2.24) is 14.7 Å². The van der Waals surface area contributed by atoms with Crippen LogP contribution in [-0.2, 0) is 11.5 Å².